The van der Waals surface area contributed by atoms with Crippen LogP contribution in [0.5, 0.6) is 0 Å². The van der Waals surface area contributed by atoms with Gasteiger partial charge in [0.1, 0.15) is 0 Å². The Morgan fingerprint density at radius 2 is 1.96 bits per heavy atom. The molecule has 3 aromatic rings. The Morgan fingerprint density at radius 1 is 1.22 bits per heavy atom. The molecule has 1 amide bonds. The van der Waals surface area contributed by atoms with Gasteiger partial charge in [0.15, 0.2) is 0 Å². The summed E-state index contributed by atoms with van der Waals surface area (Å²) in [6.45, 7) is 1.99. The van der Waals surface area contributed by atoms with Gasteiger partial charge in [0.05, 0.1) is 12.6 Å². The van der Waals surface area contributed by atoms with Gasteiger partial charge in [0, 0.05) is 26.6 Å². The highest BCUT2D eigenvalue weighted by atomic mass is 79.9. The standard InChI is InChI=1S/C18H16BrN3O/c1-12-16(15-4-2-3-5-17(15)21-12)11-20-22-18(23)10-13-6-8-14(19)9-7-13/h2-9,11,21H,10H2,1H3,(H,22,23)/b20-11-. The second kappa shape index (κ2) is 6.79. The molecule has 0 aliphatic carbocycles. The van der Waals surface area contributed by atoms with Gasteiger partial charge in [-0.15, -0.1) is 0 Å². The Morgan fingerprint density at radius 3 is 2.74 bits per heavy atom. The van der Waals surface area contributed by atoms with Crippen LogP contribution in [0.1, 0.15) is 16.8 Å². The highest BCUT2D eigenvalue weighted by Gasteiger charge is 2.06. The maximum Gasteiger partial charge on any atom is 0.244 e. The van der Waals surface area contributed by atoms with Gasteiger partial charge in [-0.1, -0.05) is 46.3 Å². The minimum absolute atomic E-state index is 0.138. The van der Waals surface area contributed by atoms with Gasteiger partial charge in [0.2, 0.25) is 5.91 Å². The number of H-pyrrole nitrogens is 1. The second-order valence-electron chi connectivity index (χ2n) is 5.31. The van der Waals surface area contributed by atoms with Crippen molar-refractivity contribution in [2.75, 3.05) is 0 Å². The van der Waals surface area contributed by atoms with Crippen LogP contribution >= 0.6 is 15.9 Å². The summed E-state index contributed by atoms with van der Waals surface area (Å²) in [4.78, 5) is 15.2. The van der Waals surface area contributed by atoms with Crippen molar-refractivity contribution in [2.24, 2.45) is 5.10 Å². The fourth-order valence-corrected chi connectivity index (χ4v) is 2.73. The Kier molecular flexibility index (Phi) is 4.57. The monoisotopic (exact) mass is 369 g/mol. The van der Waals surface area contributed by atoms with E-state index in [-0.39, 0.29) is 5.91 Å². The molecule has 0 fully saturated rings. The third-order valence-corrected chi connectivity index (χ3v) is 4.13. The number of fused-ring (bicyclic) bond motifs is 1. The normalized spacial score (nSPS) is 11.2. The van der Waals surface area contributed by atoms with E-state index in [0.29, 0.717) is 6.42 Å². The zero-order valence-electron chi connectivity index (χ0n) is 12.6. The van der Waals surface area contributed by atoms with Crippen LogP contribution in [-0.4, -0.2) is 17.1 Å². The molecule has 1 heterocycles. The fourth-order valence-electron chi connectivity index (χ4n) is 2.46. The molecule has 4 nitrogen and oxygen atoms in total. The molecule has 2 N–H and O–H groups in total. The van der Waals surface area contributed by atoms with Crippen molar-refractivity contribution in [1.29, 1.82) is 0 Å². The molecule has 0 radical (unpaired) electrons. The lowest BCUT2D eigenvalue weighted by Gasteiger charge is -2.01. The van der Waals surface area contributed by atoms with Crippen LogP contribution in [-0.2, 0) is 11.2 Å². The van der Waals surface area contributed by atoms with Crippen molar-refractivity contribution in [3.63, 3.8) is 0 Å². The zero-order chi connectivity index (χ0) is 16.2. The molecule has 0 saturated carbocycles. The molecule has 0 spiro atoms. The molecule has 2 aromatic carbocycles. The summed E-state index contributed by atoms with van der Waals surface area (Å²) in [6.07, 6.45) is 1.99. The van der Waals surface area contributed by atoms with Crippen LogP contribution in [0, 0.1) is 6.92 Å². The SMILES string of the molecule is Cc1[nH]c2ccccc2c1/C=N\NC(=O)Cc1ccc(Br)cc1. The van der Waals surface area contributed by atoms with Crippen LogP contribution in [0.15, 0.2) is 58.1 Å². The fraction of sp³-hybridized carbons (Fsp3) is 0.111. The van der Waals surface area contributed by atoms with Crippen molar-refractivity contribution < 1.29 is 4.79 Å². The molecule has 1 aromatic heterocycles. The van der Waals surface area contributed by atoms with E-state index in [4.69, 9.17) is 0 Å². The number of carbonyl (C=O) groups excluding carboxylic acids is 1. The number of hydrogen-bond acceptors (Lipinski definition) is 2. The number of benzene rings is 2. The largest absolute Gasteiger partial charge is 0.358 e. The Balaban J connectivity index is 1.67. The molecule has 0 aliphatic heterocycles. The second-order valence-corrected chi connectivity index (χ2v) is 6.22. The molecule has 3 rings (SSSR count). The summed E-state index contributed by atoms with van der Waals surface area (Å²) >= 11 is 3.38. The molecule has 0 saturated heterocycles. The average Bonchev–Trinajstić information content (AvgIpc) is 2.86. The van der Waals surface area contributed by atoms with Gasteiger partial charge in [-0.3, -0.25) is 4.79 Å². The van der Waals surface area contributed by atoms with Gasteiger partial charge in [-0.2, -0.15) is 5.10 Å². The van der Waals surface area contributed by atoms with E-state index in [1.165, 1.54) is 0 Å². The molecule has 0 bridgehead atoms. The highest BCUT2D eigenvalue weighted by Crippen LogP contribution is 2.19. The van der Waals surface area contributed by atoms with E-state index in [0.717, 1.165) is 32.2 Å². The predicted molar refractivity (Wildman–Crippen MR) is 96.6 cm³/mol. The number of carbonyl (C=O) groups is 1. The molecule has 116 valence electrons. The average molecular weight is 370 g/mol. The number of nitrogens with one attached hydrogen (secondary N) is 2. The molecular formula is C18H16BrN3O. The van der Waals surface area contributed by atoms with E-state index in [1.807, 2.05) is 55.5 Å². The number of para-hydroxylation sites is 1. The summed E-state index contributed by atoms with van der Waals surface area (Å²) in [6, 6.07) is 15.7. The number of hydrazone groups is 1. The minimum Gasteiger partial charge on any atom is -0.358 e. The summed E-state index contributed by atoms with van der Waals surface area (Å²) in [5, 5.41) is 5.18. The van der Waals surface area contributed by atoms with E-state index in [2.05, 4.69) is 31.4 Å². The lowest BCUT2D eigenvalue weighted by atomic mass is 10.1. The maximum atomic E-state index is 11.9. The zero-order valence-corrected chi connectivity index (χ0v) is 14.2. The summed E-state index contributed by atoms with van der Waals surface area (Å²) in [7, 11) is 0. The van der Waals surface area contributed by atoms with Gasteiger partial charge >= 0.3 is 0 Å². The summed E-state index contributed by atoms with van der Waals surface area (Å²) in [5.74, 6) is -0.138. The first-order valence-corrected chi connectivity index (χ1v) is 8.06. The number of amides is 1. The van der Waals surface area contributed by atoms with E-state index in [9.17, 15) is 4.79 Å². The van der Waals surface area contributed by atoms with Crippen LogP contribution in [0.3, 0.4) is 0 Å². The van der Waals surface area contributed by atoms with Crippen molar-refractivity contribution in [3.05, 3.63) is 69.8 Å². The number of aryl methyl sites for hydroxylation is 1. The lowest BCUT2D eigenvalue weighted by Crippen LogP contribution is -2.19. The van der Waals surface area contributed by atoms with Crippen LogP contribution in [0.4, 0.5) is 0 Å². The number of rotatable bonds is 4. The number of halogens is 1. The molecule has 5 heteroatoms. The van der Waals surface area contributed by atoms with E-state index >= 15 is 0 Å². The van der Waals surface area contributed by atoms with Crippen molar-refractivity contribution >= 4 is 39.0 Å². The molecule has 23 heavy (non-hydrogen) atoms. The summed E-state index contributed by atoms with van der Waals surface area (Å²) in [5.41, 5.74) is 6.61. The quantitative estimate of drug-likeness (QED) is 0.531. The topological polar surface area (TPSA) is 57.2 Å². The summed E-state index contributed by atoms with van der Waals surface area (Å²) < 4.78 is 0.995. The first-order chi connectivity index (χ1) is 11.1. The molecule has 0 unspecified atom stereocenters. The highest BCUT2D eigenvalue weighted by molar-refractivity contribution is 9.10. The Hall–Kier alpha value is -2.40. The number of hydrogen-bond donors (Lipinski definition) is 2. The minimum atomic E-state index is -0.138. The lowest BCUT2D eigenvalue weighted by molar-refractivity contribution is -0.120. The van der Waals surface area contributed by atoms with Crippen LogP contribution in [0.2, 0.25) is 0 Å². The van der Waals surface area contributed by atoms with E-state index < -0.39 is 0 Å². The number of aromatic amines is 1. The third-order valence-electron chi connectivity index (χ3n) is 3.60. The van der Waals surface area contributed by atoms with Gasteiger partial charge in [-0.05, 0) is 30.7 Å². The number of aromatic nitrogens is 1. The first-order valence-electron chi connectivity index (χ1n) is 7.27. The number of nitrogens with zero attached hydrogens (tertiary/aromatic N) is 1. The van der Waals surface area contributed by atoms with E-state index in [1.54, 1.807) is 6.21 Å². The molecule has 0 aliphatic rings. The van der Waals surface area contributed by atoms with Crippen molar-refractivity contribution in [2.45, 2.75) is 13.3 Å². The van der Waals surface area contributed by atoms with Crippen LogP contribution < -0.4 is 5.43 Å². The van der Waals surface area contributed by atoms with Crippen LogP contribution in [0.25, 0.3) is 10.9 Å². The molecule has 0 atom stereocenters. The molecular weight excluding hydrogens is 354 g/mol. The maximum absolute atomic E-state index is 11.9. The first kappa shape index (κ1) is 15.5. The predicted octanol–water partition coefficient (Wildman–Crippen LogP) is 3.93. The van der Waals surface area contributed by atoms with Gasteiger partial charge in [0.25, 0.3) is 0 Å². The van der Waals surface area contributed by atoms with Gasteiger partial charge < -0.3 is 4.98 Å². The third kappa shape index (κ3) is 3.68. The smallest absolute Gasteiger partial charge is 0.244 e. The van der Waals surface area contributed by atoms with Crippen molar-refractivity contribution in [1.82, 2.24) is 10.4 Å². The Labute approximate surface area is 142 Å². The Bertz CT molecular complexity index is 866. The van der Waals surface area contributed by atoms with Crippen molar-refractivity contribution in [3.8, 4) is 0 Å². The van der Waals surface area contributed by atoms with Gasteiger partial charge in [-0.25, -0.2) is 5.43 Å².